The molecule has 1 N–H and O–H groups in total. The lowest BCUT2D eigenvalue weighted by atomic mass is 10.1. The van der Waals surface area contributed by atoms with Crippen molar-refractivity contribution in [3.05, 3.63) is 80.0 Å². The number of carbonyl (C=O) groups excluding carboxylic acids is 1. The largest absolute Gasteiger partial charge is 0.352 e. The van der Waals surface area contributed by atoms with Gasteiger partial charge in [-0.2, -0.15) is 0 Å². The number of aromatic nitrogens is 4. The Morgan fingerprint density at radius 1 is 1.06 bits per heavy atom. The minimum Gasteiger partial charge on any atom is -0.350 e. The summed E-state index contributed by atoms with van der Waals surface area (Å²) in [5.74, 6) is 0.198. The van der Waals surface area contributed by atoms with E-state index in [1.165, 1.54) is 9.08 Å². The molecule has 0 bridgehead atoms. The highest BCUT2D eigenvalue weighted by Gasteiger charge is 2.20. The Morgan fingerprint density at radius 2 is 1.82 bits per heavy atom. The zero-order valence-corrected chi connectivity index (χ0v) is 19.6. The molecule has 8 heteroatoms. The Hall–Kier alpha value is -3.68. The Bertz CT molecular complexity index is 1470. The molecule has 2 aromatic carbocycles. The summed E-state index contributed by atoms with van der Waals surface area (Å²) in [4.78, 5) is 39.4. The third-order valence-corrected chi connectivity index (χ3v) is 5.42. The Morgan fingerprint density at radius 3 is 2.48 bits per heavy atom. The fourth-order valence-electron chi connectivity index (χ4n) is 4.02. The lowest BCUT2D eigenvalue weighted by Crippen LogP contribution is -2.31. The van der Waals surface area contributed by atoms with Crippen LogP contribution in [0.3, 0.4) is 0 Å². The molecular formula is C25H29N5O3. The average Bonchev–Trinajstić information content (AvgIpc) is 3.06. The molecule has 8 nitrogen and oxygen atoms in total. The summed E-state index contributed by atoms with van der Waals surface area (Å²) in [6, 6.07) is 12.7. The van der Waals surface area contributed by atoms with Crippen molar-refractivity contribution in [1.29, 1.82) is 0 Å². The Kier molecular flexibility index (Phi) is 5.93. The quantitative estimate of drug-likeness (QED) is 0.492. The minimum atomic E-state index is -0.351. The van der Waals surface area contributed by atoms with Crippen LogP contribution in [0.25, 0.3) is 16.7 Å². The summed E-state index contributed by atoms with van der Waals surface area (Å²) in [7, 11) is 0. The molecule has 0 aliphatic heterocycles. The molecule has 1 amide bonds. The number of nitrogens with one attached hydrogen (secondary N) is 1. The smallest absolute Gasteiger partial charge is 0.350 e. The van der Waals surface area contributed by atoms with Crippen LogP contribution in [0.1, 0.15) is 49.2 Å². The topological polar surface area (TPSA) is 90.4 Å². The van der Waals surface area contributed by atoms with Crippen LogP contribution < -0.4 is 16.6 Å². The van der Waals surface area contributed by atoms with Crippen LogP contribution in [0.5, 0.6) is 0 Å². The Balaban J connectivity index is 1.99. The predicted molar refractivity (Wildman–Crippen MR) is 129 cm³/mol. The van der Waals surface area contributed by atoms with Crippen molar-refractivity contribution in [3.63, 3.8) is 0 Å². The normalized spacial score (nSPS) is 11.7. The zero-order valence-electron chi connectivity index (χ0n) is 19.6. The second-order valence-electron chi connectivity index (χ2n) is 9.23. The molecule has 0 saturated carbocycles. The third kappa shape index (κ3) is 4.33. The van der Waals surface area contributed by atoms with E-state index >= 15 is 0 Å². The maximum absolute atomic E-state index is 13.5. The van der Waals surface area contributed by atoms with Gasteiger partial charge in [0.1, 0.15) is 0 Å². The van der Waals surface area contributed by atoms with Gasteiger partial charge < -0.3 is 5.32 Å². The van der Waals surface area contributed by atoms with Crippen molar-refractivity contribution < 1.29 is 4.79 Å². The van der Waals surface area contributed by atoms with E-state index in [0.717, 1.165) is 11.1 Å². The molecule has 0 unspecified atom stereocenters. The zero-order chi connectivity index (χ0) is 23.9. The first-order valence-corrected chi connectivity index (χ1v) is 11.2. The van der Waals surface area contributed by atoms with Crippen LogP contribution >= 0.6 is 0 Å². The van der Waals surface area contributed by atoms with Crippen LogP contribution in [0.4, 0.5) is 0 Å². The van der Waals surface area contributed by atoms with Crippen LogP contribution in [0.15, 0.2) is 52.1 Å². The number of hydrogen-bond acceptors (Lipinski definition) is 4. The first kappa shape index (κ1) is 22.5. The maximum Gasteiger partial charge on any atom is 0.352 e. The maximum atomic E-state index is 13.5. The molecule has 0 fully saturated rings. The van der Waals surface area contributed by atoms with E-state index in [4.69, 9.17) is 0 Å². The van der Waals surface area contributed by atoms with E-state index in [1.807, 2.05) is 58.9 Å². The summed E-state index contributed by atoms with van der Waals surface area (Å²) in [5, 5.41) is 7.78. The van der Waals surface area contributed by atoms with Crippen LogP contribution in [0.2, 0.25) is 0 Å². The molecule has 0 atom stereocenters. The van der Waals surface area contributed by atoms with Crippen molar-refractivity contribution in [3.8, 4) is 0 Å². The molecule has 0 spiro atoms. The van der Waals surface area contributed by atoms with E-state index in [9.17, 15) is 14.4 Å². The van der Waals surface area contributed by atoms with Gasteiger partial charge in [-0.3, -0.25) is 14.2 Å². The van der Waals surface area contributed by atoms with Gasteiger partial charge in [0.05, 0.1) is 17.4 Å². The molecule has 33 heavy (non-hydrogen) atoms. The standard InChI is InChI=1S/C25H29N5O3/c1-15(2)13-28-23(32)20-10-9-19(22(31)26-16(3)4)12-21(20)30-24(28)27-29(25(30)33)14-18-8-6-7-17(5)11-18/h6-12,15-16H,13-14H2,1-5H3,(H,26,31). The second kappa shape index (κ2) is 8.69. The van der Waals surface area contributed by atoms with Gasteiger partial charge in [-0.25, -0.2) is 13.9 Å². The summed E-state index contributed by atoms with van der Waals surface area (Å²) < 4.78 is 4.37. The lowest BCUT2D eigenvalue weighted by Gasteiger charge is -2.13. The second-order valence-corrected chi connectivity index (χ2v) is 9.23. The van der Waals surface area contributed by atoms with E-state index < -0.39 is 0 Å². The van der Waals surface area contributed by atoms with Gasteiger partial charge in [-0.05, 0) is 50.5 Å². The number of aryl methyl sites for hydroxylation is 1. The van der Waals surface area contributed by atoms with Gasteiger partial charge in [-0.15, -0.1) is 5.10 Å². The van der Waals surface area contributed by atoms with Crippen molar-refractivity contribution in [2.24, 2.45) is 5.92 Å². The number of nitrogens with zero attached hydrogens (tertiary/aromatic N) is 4. The fraction of sp³-hybridized carbons (Fsp3) is 0.360. The van der Waals surface area contributed by atoms with E-state index in [2.05, 4.69) is 10.4 Å². The van der Waals surface area contributed by atoms with Crippen LogP contribution in [-0.2, 0) is 13.1 Å². The summed E-state index contributed by atoms with van der Waals surface area (Å²) in [6.45, 7) is 10.5. The van der Waals surface area contributed by atoms with Gasteiger partial charge in [-0.1, -0.05) is 43.7 Å². The highest BCUT2D eigenvalue weighted by molar-refractivity contribution is 5.98. The molecule has 0 aliphatic carbocycles. The van der Waals surface area contributed by atoms with Gasteiger partial charge >= 0.3 is 5.69 Å². The van der Waals surface area contributed by atoms with E-state index in [-0.39, 0.29) is 41.4 Å². The highest BCUT2D eigenvalue weighted by Crippen LogP contribution is 2.16. The van der Waals surface area contributed by atoms with Crippen molar-refractivity contribution in [2.75, 3.05) is 0 Å². The van der Waals surface area contributed by atoms with Gasteiger partial charge in [0.2, 0.25) is 5.78 Å². The third-order valence-electron chi connectivity index (χ3n) is 5.42. The molecule has 0 aliphatic rings. The molecule has 4 aromatic rings. The van der Waals surface area contributed by atoms with Gasteiger partial charge in [0.25, 0.3) is 11.5 Å². The van der Waals surface area contributed by atoms with Gasteiger partial charge in [0, 0.05) is 18.2 Å². The number of hydrogen-bond donors (Lipinski definition) is 1. The Labute approximate surface area is 191 Å². The van der Waals surface area contributed by atoms with E-state index in [1.54, 1.807) is 22.8 Å². The molecule has 2 heterocycles. The SMILES string of the molecule is Cc1cccc(Cn2nc3n(CC(C)C)c(=O)c4ccc(C(=O)NC(C)C)cc4n3c2=O)c1. The van der Waals surface area contributed by atoms with Gasteiger partial charge in [0.15, 0.2) is 0 Å². The summed E-state index contributed by atoms with van der Waals surface area (Å²) in [6.07, 6.45) is 0. The molecule has 172 valence electrons. The predicted octanol–water partition coefficient (Wildman–Crippen LogP) is 2.96. The molecular weight excluding hydrogens is 418 g/mol. The summed E-state index contributed by atoms with van der Waals surface area (Å²) in [5.41, 5.74) is 2.22. The summed E-state index contributed by atoms with van der Waals surface area (Å²) >= 11 is 0. The van der Waals surface area contributed by atoms with E-state index in [0.29, 0.717) is 23.0 Å². The van der Waals surface area contributed by atoms with Crippen LogP contribution in [-0.4, -0.2) is 30.7 Å². The number of fused-ring (bicyclic) bond motifs is 3. The van der Waals surface area contributed by atoms with Crippen LogP contribution in [0, 0.1) is 12.8 Å². The minimum absolute atomic E-state index is 0.0351. The lowest BCUT2D eigenvalue weighted by molar-refractivity contribution is 0.0943. The van der Waals surface area contributed by atoms with Crippen molar-refractivity contribution >= 4 is 22.6 Å². The fourth-order valence-corrected chi connectivity index (χ4v) is 4.02. The molecule has 0 radical (unpaired) electrons. The average molecular weight is 448 g/mol. The first-order valence-electron chi connectivity index (χ1n) is 11.2. The number of amides is 1. The molecule has 0 saturated heterocycles. The van der Waals surface area contributed by atoms with Crippen molar-refractivity contribution in [2.45, 2.75) is 53.8 Å². The number of rotatable bonds is 6. The number of benzene rings is 2. The molecule has 2 aromatic heterocycles. The number of carbonyl (C=O) groups is 1. The first-order chi connectivity index (χ1) is 15.7. The van der Waals surface area contributed by atoms with Crippen molar-refractivity contribution in [1.82, 2.24) is 24.1 Å². The highest BCUT2D eigenvalue weighted by atomic mass is 16.2. The monoisotopic (exact) mass is 447 g/mol. The molecule has 4 rings (SSSR count).